The fourth-order valence-electron chi connectivity index (χ4n) is 1.32. The van der Waals surface area contributed by atoms with Crippen molar-refractivity contribution in [2.75, 3.05) is 6.61 Å². The highest BCUT2D eigenvalue weighted by atomic mass is 16.3. The van der Waals surface area contributed by atoms with Crippen molar-refractivity contribution in [3.8, 4) is 0 Å². The van der Waals surface area contributed by atoms with E-state index in [1.807, 2.05) is 17.8 Å². The maximum Gasteiger partial charge on any atom is 0.0587 e. The number of hydrogen-bond acceptors (Lipinski definition) is 3. The molecule has 1 rings (SSSR count). The first-order valence-corrected chi connectivity index (χ1v) is 4.96. The molecular weight excluding hydrogens is 178 g/mol. The van der Waals surface area contributed by atoms with Crippen LogP contribution in [0.5, 0.6) is 0 Å². The number of nitrogens with one attached hydrogen (secondary N) is 1. The van der Waals surface area contributed by atoms with Crippen LogP contribution in [0.25, 0.3) is 0 Å². The number of aromatic nitrogens is 2. The van der Waals surface area contributed by atoms with E-state index in [2.05, 4.69) is 24.3 Å². The third kappa shape index (κ3) is 2.82. The number of aryl methyl sites for hydroxylation is 1. The summed E-state index contributed by atoms with van der Waals surface area (Å²) < 4.78 is 1.84. The van der Waals surface area contributed by atoms with E-state index < -0.39 is 0 Å². The van der Waals surface area contributed by atoms with Crippen LogP contribution in [-0.2, 0) is 13.6 Å². The van der Waals surface area contributed by atoms with Crippen LogP contribution in [-0.4, -0.2) is 27.5 Å². The van der Waals surface area contributed by atoms with Gasteiger partial charge in [-0.1, -0.05) is 13.8 Å². The molecule has 80 valence electrons. The zero-order chi connectivity index (χ0) is 10.6. The summed E-state index contributed by atoms with van der Waals surface area (Å²) in [6, 6.07) is 2.13. The van der Waals surface area contributed by atoms with Crippen LogP contribution in [0, 0.1) is 5.92 Å². The van der Waals surface area contributed by atoms with Crippen molar-refractivity contribution >= 4 is 0 Å². The topological polar surface area (TPSA) is 50.1 Å². The van der Waals surface area contributed by atoms with Gasteiger partial charge in [0.1, 0.15) is 0 Å². The molecule has 0 saturated carbocycles. The van der Waals surface area contributed by atoms with E-state index in [1.54, 1.807) is 6.20 Å². The molecule has 1 aromatic heterocycles. The molecule has 1 aromatic rings. The van der Waals surface area contributed by atoms with Gasteiger partial charge >= 0.3 is 0 Å². The Morgan fingerprint density at radius 2 is 2.29 bits per heavy atom. The molecule has 0 aliphatic carbocycles. The van der Waals surface area contributed by atoms with Crippen molar-refractivity contribution in [2.45, 2.75) is 26.4 Å². The summed E-state index contributed by atoms with van der Waals surface area (Å²) in [7, 11) is 1.92. The first kappa shape index (κ1) is 11.2. The molecule has 1 heterocycles. The zero-order valence-corrected chi connectivity index (χ0v) is 9.07. The van der Waals surface area contributed by atoms with E-state index in [-0.39, 0.29) is 12.6 Å². The predicted octanol–water partition coefficient (Wildman–Crippen LogP) is 0.527. The second kappa shape index (κ2) is 5.12. The Morgan fingerprint density at radius 1 is 1.57 bits per heavy atom. The van der Waals surface area contributed by atoms with Gasteiger partial charge in [0, 0.05) is 25.8 Å². The molecule has 0 aliphatic rings. The highest BCUT2D eigenvalue weighted by Gasteiger charge is 2.11. The lowest BCUT2D eigenvalue weighted by Crippen LogP contribution is -2.36. The van der Waals surface area contributed by atoms with Gasteiger partial charge in [0.25, 0.3) is 0 Å². The maximum atomic E-state index is 9.11. The van der Waals surface area contributed by atoms with Crippen molar-refractivity contribution in [1.29, 1.82) is 0 Å². The second-order valence-corrected chi connectivity index (χ2v) is 3.86. The summed E-state index contributed by atoms with van der Waals surface area (Å²) in [6.07, 6.45) is 1.78. The predicted molar refractivity (Wildman–Crippen MR) is 55.8 cm³/mol. The fourth-order valence-corrected chi connectivity index (χ4v) is 1.32. The van der Waals surface area contributed by atoms with Crippen molar-refractivity contribution in [1.82, 2.24) is 15.1 Å². The van der Waals surface area contributed by atoms with Crippen LogP contribution in [0.3, 0.4) is 0 Å². The normalized spacial score (nSPS) is 13.5. The molecule has 0 amide bonds. The van der Waals surface area contributed by atoms with E-state index >= 15 is 0 Å². The smallest absolute Gasteiger partial charge is 0.0587 e. The lowest BCUT2D eigenvalue weighted by Gasteiger charge is -2.19. The molecule has 1 unspecified atom stereocenters. The summed E-state index contributed by atoms with van der Waals surface area (Å²) in [6.45, 7) is 5.11. The van der Waals surface area contributed by atoms with E-state index in [4.69, 9.17) is 5.11 Å². The summed E-state index contributed by atoms with van der Waals surface area (Å²) in [4.78, 5) is 0. The summed E-state index contributed by atoms with van der Waals surface area (Å²) >= 11 is 0. The van der Waals surface area contributed by atoms with Gasteiger partial charge in [-0.3, -0.25) is 4.68 Å². The highest BCUT2D eigenvalue weighted by Crippen LogP contribution is 2.02. The average Bonchev–Trinajstić information content (AvgIpc) is 2.52. The van der Waals surface area contributed by atoms with Crippen LogP contribution >= 0.6 is 0 Å². The summed E-state index contributed by atoms with van der Waals surface area (Å²) in [5, 5.41) is 16.5. The van der Waals surface area contributed by atoms with Gasteiger partial charge in [-0.05, 0) is 12.0 Å². The Hall–Kier alpha value is -0.870. The summed E-state index contributed by atoms with van der Waals surface area (Å²) in [5.41, 5.74) is 1.13. The first-order chi connectivity index (χ1) is 6.65. The van der Waals surface area contributed by atoms with Gasteiger partial charge in [0.05, 0.1) is 12.3 Å². The number of aliphatic hydroxyl groups excluding tert-OH is 1. The first-order valence-electron chi connectivity index (χ1n) is 4.96. The second-order valence-electron chi connectivity index (χ2n) is 3.86. The quantitative estimate of drug-likeness (QED) is 0.724. The molecule has 4 nitrogen and oxygen atoms in total. The van der Waals surface area contributed by atoms with Crippen molar-refractivity contribution in [3.05, 3.63) is 18.0 Å². The molecule has 0 radical (unpaired) electrons. The molecule has 4 heteroatoms. The largest absolute Gasteiger partial charge is 0.395 e. The fraction of sp³-hybridized carbons (Fsp3) is 0.700. The number of nitrogens with zero attached hydrogens (tertiary/aromatic N) is 2. The zero-order valence-electron chi connectivity index (χ0n) is 9.07. The van der Waals surface area contributed by atoms with Gasteiger partial charge in [0.2, 0.25) is 0 Å². The number of rotatable bonds is 5. The Labute approximate surface area is 84.9 Å². The minimum Gasteiger partial charge on any atom is -0.395 e. The molecule has 14 heavy (non-hydrogen) atoms. The molecule has 0 fully saturated rings. The molecule has 0 bridgehead atoms. The third-order valence-electron chi connectivity index (χ3n) is 2.47. The van der Waals surface area contributed by atoms with Crippen molar-refractivity contribution in [2.24, 2.45) is 13.0 Å². The minimum atomic E-state index is 0.157. The standard InChI is InChI=1S/C10H19N3O/c1-8(2)10(7-14)11-6-9-4-5-12-13(9)3/h4-5,8,10-11,14H,6-7H2,1-3H3. The van der Waals surface area contributed by atoms with E-state index in [0.717, 1.165) is 12.2 Å². The van der Waals surface area contributed by atoms with Crippen LogP contribution in [0.15, 0.2) is 12.3 Å². The van der Waals surface area contributed by atoms with Crippen LogP contribution in [0.4, 0.5) is 0 Å². The number of hydrogen-bond donors (Lipinski definition) is 2. The van der Waals surface area contributed by atoms with E-state index in [9.17, 15) is 0 Å². The van der Waals surface area contributed by atoms with Gasteiger partial charge in [-0.2, -0.15) is 5.10 Å². The van der Waals surface area contributed by atoms with Crippen LogP contribution in [0.2, 0.25) is 0 Å². The van der Waals surface area contributed by atoms with Gasteiger partial charge in [0.15, 0.2) is 0 Å². The molecule has 0 spiro atoms. The Balaban J connectivity index is 2.43. The van der Waals surface area contributed by atoms with Crippen LogP contribution in [0.1, 0.15) is 19.5 Å². The highest BCUT2D eigenvalue weighted by molar-refractivity contribution is 4.99. The average molecular weight is 197 g/mol. The van der Waals surface area contributed by atoms with Crippen molar-refractivity contribution < 1.29 is 5.11 Å². The lowest BCUT2D eigenvalue weighted by molar-refractivity contribution is 0.209. The monoisotopic (exact) mass is 197 g/mol. The SMILES string of the molecule is CC(C)C(CO)NCc1ccnn1C. The molecular formula is C10H19N3O. The molecule has 0 saturated heterocycles. The van der Waals surface area contributed by atoms with Crippen molar-refractivity contribution in [3.63, 3.8) is 0 Å². The Morgan fingerprint density at radius 3 is 2.71 bits per heavy atom. The van der Waals surface area contributed by atoms with Gasteiger partial charge in [-0.15, -0.1) is 0 Å². The Kier molecular flexibility index (Phi) is 4.10. The minimum absolute atomic E-state index is 0.157. The number of aliphatic hydroxyl groups is 1. The summed E-state index contributed by atoms with van der Waals surface area (Å²) in [5.74, 6) is 0.438. The van der Waals surface area contributed by atoms with E-state index in [0.29, 0.717) is 5.92 Å². The van der Waals surface area contributed by atoms with Gasteiger partial charge < -0.3 is 10.4 Å². The Bertz CT molecular complexity index is 270. The van der Waals surface area contributed by atoms with Gasteiger partial charge in [-0.25, -0.2) is 0 Å². The van der Waals surface area contributed by atoms with Crippen LogP contribution < -0.4 is 5.32 Å². The lowest BCUT2D eigenvalue weighted by atomic mass is 10.1. The molecule has 0 aromatic carbocycles. The maximum absolute atomic E-state index is 9.11. The molecule has 2 N–H and O–H groups in total. The van der Waals surface area contributed by atoms with E-state index in [1.165, 1.54) is 0 Å². The molecule has 1 atom stereocenters. The molecule has 0 aliphatic heterocycles. The third-order valence-corrected chi connectivity index (χ3v) is 2.47.